The lowest BCUT2D eigenvalue weighted by Crippen LogP contribution is -2.40. The minimum absolute atomic E-state index is 0.432. The van der Waals surface area contributed by atoms with Crippen molar-refractivity contribution in [2.24, 2.45) is 4.99 Å². The minimum Gasteiger partial charge on any atom is -0.361 e. The summed E-state index contributed by atoms with van der Waals surface area (Å²) >= 11 is 1.88. The first-order valence-electron chi connectivity index (χ1n) is 14.9. The lowest BCUT2D eigenvalue weighted by molar-refractivity contribution is 0.419. The third kappa shape index (κ3) is 3.69. The maximum absolute atomic E-state index is 5.06. The van der Waals surface area contributed by atoms with Gasteiger partial charge in [-0.3, -0.25) is 9.98 Å². The fourth-order valence-corrected chi connectivity index (χ4v) is 8.91. The Morgan fingerprint density at radius 2 is 1.40 bits per heavy atom. The Bertz CT molecular complexity index is 2050. The maximum atomic E-state index is 5.06. The van der Waals surface area contributed by atoms with Crippen LogP contribution in [-0.2, 0) is 11.1 Å². The highest BCUT2D eigenvalue weighted by molar-refractivity contribution is 7.99. The molecule has 3 heterocycles. The number of benzene rings is 4. The molecule has 1 N–H and O–H groups in total. The van der Waals surface area contributed by atoms with Gasteiger partial charge in [0.25, 0.3) is 0 Å². The number of hydrogen-bond acceptors (Lipinski definition) is 4. The monoisotopic (exact) mass is 575 g/mol. The summed E-state index contributed by atoms with van der Waals surface area (Å²) in [6.45, 7) is 10.6. The Balaban J connectivity index is 1.45. The van der Waals surface area contributed by atoms with E-state index >= 15 is 0 Å². The van der Waals surface area contributed by atoms with Crippen LogP contribution in [0.15, 0.2) is 124 Å². The van der Waals surface area contributed by atoms with Crippen LogP contribution >= 0.6 is 11.8 Å². The maximum Gasteiger partial charge on any atom is 0.152 e. The first kappa shape index (κ1) is 26.2. The molecule has 0 saturated heterocycles. The average Bonchev–Trinajstić information content (AvgIpc) is 3.29. The second-order valence-corrected chi connectivity index (χ2v) is 13.3. The zero-order chi connectivity index (χ0) is 29.5. The number of aryl methyl sites for hydroxylation is 2. The van der Waals surface area contributed by atoms with Crippen LogP contribution in [-0.4, -0.2) is 10.7 Å². The molecule has 1 aliphatic carbocycles. The van der Waals surface area contributed by atoms with E-state index in [2.05, 4.69) is 137 Å². The van der Waals surface area contributed by atoms with E-state index in [1.807, 2.05) is 18.0 Å². The largest absolute Gasteiger partial charge is 0.361 e. The van der Waals surface area contributed by atoms with Gasteiger partial charge in [0.1, 0.15) is 0 Å². The molecule has 4 heteroatoms. The van der Waals surface area contributed by atoms with Gasteiger partial charge in [-0.1, -0.05) is 84.6 Å². The van der Waals surface area contributed by atoms with Crippen molar-refractivity contribution in [2.75, 3.05) is 0 Å². The van der Waals surface area contributed by atoms with E-state index in [4.69, 9.17) is 9.98 Å². The molecule has 0 saturated carbocycles. The van der Waals surface area contributed by atoms with Crippen LogP contribution in [0.1, 0.15) is 59.8 Å². The molecule has 2 atom stereocenters. The van der Waals surface area contributed by atoms with Crippen LogP contribution in [0.2, 0.25) is 0 Å². The van der Waals surface area contributed by atoms with Crippen LogP contribution in [0.4, 0.5) is 0 Å². The number of allylic oxidation sites excluding steroid dienone is 2. The molecule has 0 bridgehead atoms. The highest BCUT2D eigenvalue weighted by Gasteiger charge is 2.51. The number of hydrogen-bond donors (Lipinski definition) is 1. The van der Waals surface area contributed by atoms with Gasteiger partial charge < -0.3 is 5.32 Å². The second kappa shape index (κ2) is 9.29. The van der Waals surface area contributed by atoms with Crippen molar-refractivity contribution in [3.05, 3.63) is 148 Å². The normalized spacial score (nSPS) is 21.2. The van der Waals surface area contributed by atoms with E-state index in [1.54, 1.807) is 0 Å². The van der Waals surface area contributed by atoms with Crippen LogP contribution < -0.4 is 5.32 Å². The van der Waals surface area contributed by atoms with Crippen molar-refractivity contribution in [2.45, 2.75) is 55.5 Å². The van der Waals surface area contributed by atoms with E-state index in [9.17, 15) is 0 Å². The Labute approximate surface area is 257 Å². The smallest absolute Gasteiger partial charge is 0.152 e. The van der Waals surface area contributed by atoms with Crippen LogP contribution in [0.3, 0.4) is 0 Å². The Hall–Kier alpha value is -4.41. The van der Waals surface area contributed by atoms with E-state index in [0.29, 0.717) is 0 Å². The number of fused-ring (bicyclic) bond motifs is 9. The Morgan fingerprint density at radius 1 is 0.674 bits per heavy atom. The Kier molecular flexibility index (Phi) is 5.67. The SMILES string of the molecule is CC1=CC(C)=NC(C)(c2ccc3c(c2)Sc2ccccc2C32c3ccccc3-c3c(-c4cc(C)cnc4C)cccc32)N1. The summed E-state index contributed by atoms with van der Waals surface area (Å²) in [7, 11) is 0. The molecule has 0 radical (unpaired) electrons. The van der Waals surface area contributed by atoms with Gasteiger partial charge in [0.2, 0.25) is 0 Å². The zero-order valence-electron chi connectivity index (χ0n) is 25.1. The van der Waals surface area contributed by atoms with E-state index < -0.39 is 11.1 Å². The lowest BCUT2D eigenvalue weighted by Gasteiger charge is -2.40. The van der Waals surface area contributed by atoms with Gasteiger partial charge in [-0.2, -0.15) is 0 Å². The molecule has 8 rings (SSSR count). The molecule has 1 aromatic heterocycles. The minimum atomic E-state index is -0.517. The quantitative estimate of drug-likeness (QED) is 0.223. The third-order valence-corrected chi connectivity index (χ3v) is 10.4. The Morgan fingerprint density at radius 3 is 2.23 bits per heavy atom. The number of nitrogens with zero attached hydrogens (tertiary/aromatic N) is 2. The molecule has 4 aromatic carbocycles. The summed E-state index contributed by atoms with van der Waals surface area (Å²) < 4.78 is 0. The fraction of sp³-hybridized carbons (Fsp3) is 0.179. The van der Waals surface area contributed by atoms with Gasteiger partial charge in [0.15, 0.2) is 5.66 Å². The van der Waals surface area contributed by atoms with E-state index in [1.165, 1.54) is 65.4 Å². The summed E-state index contributed by atoms with van der Waals surface area (Å²) in [5.74, 6) is 0. The fourth-order valence-electron chi connectivity index (χ4n) is 7.67. The molecule has 0 fully saturated rings. The van der Waals surface area contributed by atoms with E-state index in [-0.39, 0.29) is 0 Å². The van der Waals surface area contributed by atoms with Crippen molar-refractivity contribution >= 4 is 17.5 Å². The predicted molar refractivity (Wildman–Crippen MR) is 178 cm³/mol. The topological polar surface area (TPSA) is 37.3 Å². The number of aliphatic imine (C=N–C) groups is 1. The van der Waals surface area contributed by atoms with Crippen molar-refractivity contribution in [3.8, 4) is 22.3 Å². The summed E-state index contributed by atoms with van der Waals surface area (Å²) in [5, 5.41) is 3.65. The molecule has 3 nitrogen and oxygen atoms in total. The summed E-state index contributed by atoms with van der Waals surface area (Å²) in [6, 6.07) is 34.2. The van der Waals surface area contributed by atoms with Gasteiger partial charge in [0.05, 0.1) is 5.41 Å². The molecule has 2 aliphatic heterocycles. The average molecular weight is 576 g/mol. The standard InChI is InChI=1S/C39H33N3S/c1-23-19-30(26(4)40-22-23)28-12-10-15-34-37(28)29-11-6-7-13-31(29)39(34)32-14-8-9-16-35(32)43-36-21-27(17-18-33(36)39)38(5)41-24(2)20-25(3)42-38/h6-22,41H,1-5H3. The number of pyridine rings is 1. The predicted octanol–water partition coefficient (Wildman–Crippen LogP) is 9.33. The molecule has 0 amide bonds. The van der Waals surface area contributed by atoms with Crippen molar-refractivity contribution in [1.29, 1.82) is 0 Å². The summed E-state index contributed by atoms with van der Waals surface area (Å²) in [4.78, 5) is 12.4. The van der Waals surface area contributed by atoms with Gasteiger partial charge in [-0.15, -0.1) is 0 Å². The van der Waals surface area contributed by atoms with E-state index in [0.717, 1.165) is 17.1 Å². The molecular weight excluding hydrogens is 543 g/mol. The molecule has 3 aliphatic rings. The lowest BCUT2D eigenvalue weighted by atomic mass is 9.67. The van der Waals surface area contributed by atoms with Crippen molar-refractivity contribution in [1.82, 2.24) is 10.3 Å². The van der Waals surface area contributed by atoms with Crippen LogP contribution in [0.5, 0.6) is 0 Å². The molecule has 5 aromatic rings. The van der Waals surface area contributed by atoms with Crippen molar-refractivity contribution in [3.63, 3.8) is 0 Å². The first-order valence-corrected chi connectivity index (χ1v) is 15.7. The zero-order valence-corrected chi connectivity index (χ0v) is 25.9. The van der Waals surface area contributed by atoms with Gasteiger partial charge in [0, 0.05) is 44.2 Å². The summed E-state index contributed by atoms with van der Waals surface area (Å²) in [5.41, 5.74) is 15.0. The second-order valence-electron chi connectivity index (χ2n) is 12.3. The van der Waals surface area contributed by atoms with Crippen molar-refractivity contribution < 1.29 is 0 Å². The van der Waals surface area contributed by atoms with Crippen LogP contribution in [0, 0.1) is 13.8 Å². The molecular formula is C39H33N3S. The molecule has 2 unspecified atom stereocenters. The third-order valence-electron chi connectivity index (χ3n) is 9.31. The van der Waals surface area contributed by atoms with Gasteiger partial charge in [-0.05, 0) is 103 Å². The molecule has 1 spiro atoms. The number of rotatable bonds is 2. The molecule has 43 heavy (non-hydrogen) atoms. The highest BCUT2D eigenvalue weighted by Crippen LogP contribution is 2.63. The molecule has 210 valence electrons. The first-order chi connectivity index (χ1) is 20.8. The number of aromatic nitrogens is 1. The number of nitrogens with one attached hydrogen (secondary N) is 1. The highest BCUT2D eigenvalue weighted by atomic mass is 32.2. The summed E-state index contributed by atoms with van der Waals surface area (Å²) in [6.07, 6.45) is 4.07. The van der Waals surface area contributed by atoms with Crippen LogP contribution in [0.25, 0.3) is 22.3 Å². The van der Waals surface area contributed by atoms with Gasteiger partial charge in [-0.25, -0.2) is 0 Å². The van der Waals surface area contributed by atoms with Gasteiger partial charge >= 0.3 is 0 Å².